The maximum absolute atomic E-state index is 12.0. The fourth-order valence-electron chi connectivity index (χ4n) is 6.73. The summed E-state index contributed by atoms with van der Waals surface area (Å²) in [6, 6.07) is 23.0. The average molecular weight is 740 g/mol. The first-order chi connectivity index (χ1) is 24.7. The largest absolute Gasteiger partial charge is 0.354 e. The third-order valence-corrected chi connectivity index (χ3v) is 13.2. The van der Waals surface area contributed by atoms with Gasteiger partial charge in [0.05, 0.1) is 32.6 Å². The van der Waals surface area contributed by atoms with Gasteiger partial charge in [0.15, 0.2) is 0 Å². The maximum atomic E-state index is 12.0. The standard InChI is InChI=1S/C40H29N5O2S4/c1-20-5-16-33(48-20)37-24-8-10-26(41-24)38(34-17-6-21(2)49-34)28-12-14-30(43-28)40(36-19-32(45(46)47)23(4)51-36)31-15-13-29(44-31)39(27-11-9-25(37)42-27)35-18-7-22(3)50-35/h5-19,41,44H,1-4H3. The minimum atomic E-state index is -0.310. The number of aryl methyl sites for hydroxylation is 4. The first-order valence-electron chi connectivity index (χ1n) is 16.3. The normalized spacial score (nSPS) is 12.3. The average Bonchev–Trinajstić information content (AvgIpc) is 3.92. The van der Waals surface area contributed by atoms with Gasteiger partial charge in [-0.15, -0.1) is 45.3 Å². The van der Waals surface area contributed by atoms with Gasteiger partial charge in [-0.1, -0.05) is 0 Å². The summed E-state index contributed by atoms with van der Waals surface area (Å²) in [4.78, 5) is 38.3. The molecule has 9 rings (SSSR count). The lowest BCUT2D eigenvalue weighted by molar-refractivity contribution is -0.385. The minimum Gasteiger partial charge on any atom is -0.354 e. The van der Waals surface area contributed by atoms with Crippen LogP contribution in [-0.2, 0) is 0 Å². The number of thiophene rings is 4. The summed E-state index contributed by atoms with van der Waals surface area (Å²) >= 11 is 6.63. The molecule has 2 aliphatic rings. The van der Waals surface area contributed by atoms with Crippen molar-refractivity contribution in [2.24, 2.45) is 0 Å². The fraction of sp³-hybridized carbons (Fsp3) is 0.100. The topological polar surface area (TPSA) is 100 Å². The number of nitrogens with one attached hydrogen (secondary N) is 2. The van der Waals surface area contributed by atoms with Crippen molar-refractivity contribution in [2.75, 3.05) is 0 Å². The number of fused-ring (bicyclic) bond motifs is 8. The van der Waals surface area contributed by atoms with Crippen LogP contribution in [0.1, 0.15) is 42.3 Å². The highest BCUT2D eigenvalue weighted by Gasteiger charge is 2.23. The van der Waals surface area contributed by atoms with Gasteiger partial charge in [-0.3, -0.25) is 10.1 Å². The molecule has 7 nitrogen and oxygen atoms in total. The lowest BCUT2D eigenvalue weighted by Crippen LogP contribution is -1.88. The smallest absolute Gasteiger partial charge is 0.283 e. The molecule has 250 valence electrons. The van der Waals surface area contributed by atoms with Crippen molar-refractivity contribution in [1.29, 1.82) is 0 Å². The molecule has 0 amide bonds. The van der Waals surface area contributed by atoms with Crippen molar-refractivity contribution in [3.05, 3.63) is 119 Å². The van der Waals surface area contributed by atoms with E-state index in [0.717, 1.165) is 86.6 Å². The van der Waals surface area contributed by atoms with E-state index in [-0.39, 0.29) is 10.6 Å². The number of aromatic nitrogens is 4. The maximum Gasteiger partial charge on any atom is 0.283 e. The molecule has 9 heterocycles. The molecule has 7 aromatic rings. The van der Waals surface area contributed by atoms with Gasteiger partial charge >= 0.3 is 0 Å². The molecule has 0 aliphatic carbocycles. The third kappa shape index (κ3) is 5.53. The van der Waals surface area contributed by atoms with E-state index in [1.807, 2.05) is 6.08 Å². The molecule has 0 aromatic carbocycles. The first-order valence-corrected chi connectivity index (χ1v) is 19.6. The predicted octanol–water partition coefficient (Wildman–Crippen LogP) is 12.7. The number of nitro groups is 1. The van der Waals surface area contributed by atoms with E-state index in [1.54, 1.807) is 47.0 Å². The van der Waals surface area contributed by atoms with Crippen molar-refractivity contribution >= 4 is 97.4 Å². The Labute approximate surface area is 309 Å². The van der Waals surface area contributed by atoms with Crippen LogP contribution in [0.5, 0.6) is 0 Å². The van der Waals surface area contributed by atoms with E-state index in [9.17, 15) is 10.1 Å². The number of hydrogen-bond donors (Lipinski definition) is 2. The van der Waals surface area contributed by atoms with Crippen molar-refractivity contribution < 1.29 is 4.92 Å². The number of nitrogens with zero attached hydrogens (tertiary/aromatic N) is 3. The van der Waals surface area contributed by atoms with Crippen LogP contribution in [0.2, 0.25) is 0 Å². The van der Waals surface area contributed by atoms with Gasteiger partial charge in [-0.2, -0.15) is 0 Å². The van der Waals surface area contributed by atoms with Gasteiger partial charge in [0, 0.05) is 84.5 Å². The summed E-state index contributed by atoms with van der Waals surface area (Å²) in [7, 11) is 0. The quantitative estimate of drug-likeness (QED) is 0.136. The van der Waals surface area contributed by atoms with E-state index in [4.69, 9.17) is 9.97 Å². The third-order valence-electron chi connectivity index (χ3n) is 9.05. The molecule has 0 unspecified atom stereocenters. The van der Waals surface area contributed by atoms with E-state index >= 15 is 0 Å². The second kappa shape index (κ2) is 12.2. The van der Waals surface area contributed by atoms with Gasteiger partial charge in [0.2, 0.25) is 0 Å². The molecule has 51 heavy (non-hydrogen) atoms. The second-order valence-corrected chi connectivity index (χ2v) is 17.7. The van der Waals surface area contributed by atoms with E-state index in [2.05, 4.69) is 110 Å². The fourth-order valence-corrected chi connectivity index (χ4v) is 10.6. The van der Waals surface area contributed by atoms with Crippen LogP contribution in [0.15, 0.2) is 66.7 Å². The Kier molecular flexibility index (Phi) is 7.62. The highest BCUT2D eigenvalue weighted by atomic mass is 32.1. The zero-order valence-corrected chi connectivity index (χ0v) is 31.2. The molecular weight excluding hydrogens is 711 g/mol. The second-order valence-electron chi connectivity index (χ2n) is 12.5. The number of hydrogen-bond acceptors (Lipinski definition) is 8. The molecule has 0 spiro atoms. The van der Waals surface area contributed by atoms with E-state index in [0.29, 0.717) is 4.88 Å². The number of rotatable bonds is 5. The molecule has 0 fully saturated rings. The van der Waals surface area contributed by atoms with Crippen molar-refractivity contribution in [2.45, 2.75) is 27.7 Å². The van der Waals surface area contributed by atoms with Gasteiger partial charge in [-0.05, 0) is 113 Å². The zero-order valence-electron chi connectivity index (χ0n) is 28.0. The van der Waals surface area contributed by atoms with Crippen LogP contribution in [0.4, 0.5) is 5.69 Å². The molecule has 0 radical (unpaired) electrons. The Morgan fingerprint density at radius 1 is 0.510 bits per heavy atom. The Hall–Kier alpha value is -5.20. The van der Waals surface area contributed by atoms with Crippen LogP contribution in [0.25, 0.3) is 88.1 Å². The van der Waals surface area contributed by atoms with Gasteiger partial charge in [-0.25, -0.2) is 9.97 Å². The van der Waals surface area contributed by atoms with E-state index in [1.165, 1.54) is 26.0 Å². The van der Waals surface area contributed by atoms with Crippen LogP contribution in [0, 0.1) is 37.8 Å². The summed E-state index contributed by atoms with van der Waals surface area (Å²) in [6.45, 7) is 8.16. The summed E-state index contributed by atoms with van der Waals surface area (Å²) in [5.74, 6) is 0. The Morgan fingerprint density at radius 3 is 1.16 bits per heavy atom. The van der Waals surface area contributed by atoms with Crippen molar-refractivity contribution in [3.8, 4) is 41.8 Å². The highest BCUT2D eigenvalue weighted by Crippen LogP contribution is 2.43. The van der Waals surface area contributed by atoms with Gasteiger partial charge in [0.25, 0.3) is 5.69 Å². The summed E-state index contributed by atoms with van der Waals surface area (Å²) in [5.41, 5.74) is 11.0. The number of aromatic amines is 2. The lowest BCUT2D eigenvalue weighted by Gasteiger charge is -2.04. The van der Waals surface area contributed by atoms with Crippen LogP contribution in [0.3, 0.4) is 0 Å². The lowest BCUT2D eigenvalue weighted by atomic mass is 10.1. The Bertz CT molecular complexity index is 2760. The Balaban J connectivity index is 1.47. The van der Waals surface area contributed by atoms with Crippen molar-refractivity contribution in [3.63, 3.8) is 0 Å². The van der Waals surface area contributed by atoms with Crippen molar-refractivity contribution in [1.82, 2.24) is 19.9 Å². The molecule has 0 atom stereocenters. The molecule has 2 aliphatic heterocycles. The molecule has 7 aromatic heterocycles. The molecular formula is C40H29N5O2S4. The molecule has 2 N–H and O–H groups in total. The molecule has 0 saturated carbocycles. The summed E-state index contributed by atoms with van der Waals surface area (Å²) in [6.07, 6.45) is 8.31. The summed E-state index contributed by atoms with van der Waals surface area (Å²) in [5, 5.41) is 12.0. The minimum absolute atomic E-state index is 0.108. The van der Waals surface area contributed by atoms with Gasteiger partial charge in [0.1, 0.15) is 0 Å². The Morgan fingerprint density at radius 2 is 0.863 bits per heavy atom. The summed E-state index contributed by atoms with van der Waals surface area (Å²) < 4.78 is 0. The zero-order chi connectivity index (χ0) is 35.0. The molecule has 8 bridgehead atoms. The van der Waals surface area contributed by atoms with Crippen LogP contribution >= 0.6 is 45.3 Å². The molecule has 0 saturated heterocycles. The predicted molar refractivity (Wildman–Crippen MR) is 218 cm³/mol. The monoisotopic (exact) mass is 739 g/mol. The first kappa shape index (κ1) is 31.8. The number of H-pyrrole nitrogens is 2. The van der Waals surface area contributed by atoms with Crippen LogP contribution < -0.4 is 0 Å². The molecule has 11 heteroatoms. The van der Waals surface area contributed by atoms with Crippen LogP contribution in [-0.4, -0.2) is 24.9 Å². The highest BCUT2D eigenvalue weighted by molar-refractivity contribution is 7.16. The van der Waals surface area contributed by atoms with E-state index < -0.39 is 0 Å². The van der Waals surface area contributed by atoms with Gasteiger partial charge < -0.3 is 9.97 Å². The SMILES string of the molecule is Cc1ccc(-c2c3nc(c(-c4ccc(C)s4)c4ccc([nH]4)c(-c4cc([N+](=O)[O-])c(C)s4)c4nc(c(-c5ccc(C)s5)c5ccc2[nH]5)C=C4)C=C3)s1.